The molecule has 13 heavy (non-hydrogen) atoms. The Morgan fingerprint density at radius 1 is 1.38 bits per heavy atom. The van der Waals surface area contributed by atoms with Crippen molar-refractivity contribution in [3.8, 4) is 0 Å². The van der Waals surface area contributed by atoms with Crippen molar-refractivity contribution in [3.05, 3.63) is 24.0 Å². The van der Waals surface area contributed by atoms with Gasteiger partial charge in [-0.1, -0.05) is 13.8 Å². The predicted molar refractivity (Wildman–Crippen MR) is 54.6 cm³/mol. The molecular formula is C10H13N3. The molecule has 0 fully saturated rings. The van der Waals surface area contributed by atoms with Crippen LogP contribution in [0.4, 0.5) is 5.82 Å². The first-order valence-corrected chi connectivity index (χ1v) is 4.41. The van der Waals surface area contributed by atoms with Crippen LogP contribution in [0.3, 0.4) is 0 Å². The number of H-pyrrole nitrogens is 1. The minimum absolute atomic E-state index is 0.508. The lowest BCUT2D eigenvalue weighted by molar-refractivity contribution is 0.836. The van der Waals surface area contributed by atoms with Gasteiger partial charge in [0, 0.05) is 23.3 Å². The molecule has 3 N–H and O–H groups in total. The highest BCUT2D eigenvalue weighted by Crippen LogP contribution is 2.20. The summed E-state index contributed by atoms with van der Waals surface area (Å²) in [6, 6.07) is 3.98. The van der Waals surface area contributed by atoms with Gasteiger partial charge in [-0.25, -0.2) is 4.98 Å². The Morgan fingerprint density at radius 3 is 2.85 bits per heavy atom. The Balaban J connectivity index is 2.62. The van der Waals surface area contributed by atoms with Gasteiger partial charge in [-0.3, -0.25) is 0 Å². The topological polar surface area (TPSA) is 54.7 Å². The van der Waals surface area contributed by atoms with Crippen LogP contribution in [0, 0.1) is 0 Å². The molecule has 0 unspecified atom stereocenters. The molecule has 0 bridgehead atoms. The van der Waals surface area contributed by atoms with Gasteiger partial charge in [0.25, 0.3) is 0 Å². The van der Waals surface area contributed by atoms with E-state index in [1.54, 1.807) is 6.20 Å². The van der Waals surface area contributed by atoms with Gasteiger partial charge in [0.15, 0.2) is 0 Å². The van der Waals surface area contributed by atoms with Gasteiger partial charge >= 0.3 is 0 Å². The van der Waals surface area contributed by atoms with Gasteiger partial charge in [0.05, 0.1) is 5.52 Å². The van der Waals surface area contributed by atoms with E-state index in [0.29, 0.717) is 11.7 Å². The lowest BCUT2D eigenvalue weighted by Gasteiger charge is -1.97. The van der Waals surface area contributed by atoms with Crippen molar-refractivity contribution in [2.24, 2.45) is 0 Å². The molecule has 0 aliphatic carbocycles. The van der Waals surface area contributed by atoms with Crippen molar-refractivity contribution >= 4 is 16.7 Å². The van der Waals surface area contributed by atoms with Crippen LogP contribution in [-0.2, 0) is 0 Å². The molecule has 0 spiro atoms. The Labute approximate surface area is 77.0 Å². The molecule has 2 heterocycles. The molecule has 0 aromatic carbocycles. The van der Waals surface area contributed by atoms with Crippen LogP contribution in [0.1, 0.15) is 25.5 Å². The van der Waals surface area contributed by atoms with E-state index >= 15 is 0 Å². The minimum atomic E-state index is 0.508. The summed E-state index contributed by atoms with van der Waals surface area (Å²) in [6.45, 7) is 4.31. The van der Waals surface area contributed by atoms with E-state index in [-0.39, 0.29) is 0 Å². The van der Waals surface area contributed by atoms with Crippen LogP contribution >= 0.6 is 0 Å². The van der Waals surface area contributed by atoms with Crippen LogP contribution in [0.15, 0.2) is 18.3 Å². The van der Waals surface area contributed by atoms with E-state index in [1.807, 2.05) is 6.07 Å². The fourth-order valence-corrected chi connectivity index (χ4v) is 1.38. The largest absolute Gasteiger partial charge is 0.384 e. The first-order chi connectivity index (χ1) is 6.16. The third-order valence-electron chi connectivity index (χ3n) is 2.17. The maximum atomic E-state index is 5.58. The Bertz CT molecular complexity index is 429. The number of nitrogens with zero attached hydrogens (tertiary/aromatic N) is 1. The summed E-state index contributed by atoms with van der Waals surface area (Å²) in [4.78, 5) is 7.35. The number of nitrogen functional groups attached to an aromatic ring is 1. The van der Waals surface area contributed by atoms with Crippen molar-refractivity contribution in [1.82, 2.24) is 9.97 Å². The summed E-state index contributed by atoms with van der Waals surface area (Å²) in [5.41, 5.74) is 7.87. The number of anilines is 1. The highest BCUT2D eigenvalue weighted by Gasteiger charge is 2.04. The Hall–Kier alpha value is -1.51. The van der Waals surface area contributed by atoms with E-state index in [2.05, 4.69) is 29.9 Å². The van der Waals surface area contributed by atoms with E-state index < -0.39 is 0 Å². The number of rotatable bonds is 1. The van der Waals surface area contributed by atoms with E-state index in [9.17, 15) is 0 Å². The molecule has 2 rings (SSSR count). The molecule has 0 saturated heterocycles. The first kappa shape index (κ1) is 8.10. The van der Waals surface area contributed by atoms with Gasteiger partial charge in [-0.2, -0.15) is 0 Å². The molecule has 2 aromatic rings. The molecule has 3 nitrogen and oxygen atoms in total. The Kier molecular flexibility index (Phi) is 1.72. The summed E-state index contributed by atoms with van der Waals surface area (Å²) < 4.78 is 0. The highest BCUT2D eigenvalue weighted by atomic mass is 14.8. The molecule has 0 radical (unpaired) electrons. The molecule has 0 aliphatic heterocycles. The van der Waals surface area contributed by atoms with Crippen molar-refractivity contribution in [2.75, 3.05) is 5.73 Å². The van der Waals surface area contributed by atoms with Crippen LogP contribution in [0.2, 0.25) is 0 Å². The summed E-state index contributed by atoms with van der Waals surface area (Å²) in [6.07, 6.45) is 1.80. The number of pyridine rings is 1. The SMILES string of the molecule is CC(C)c1cc2cnc(N)cc2[nH]1. The quantitative estimate of drug-likeness (QED) is 0.698. The van der Waals surface area contributed by atoms with Crippen molar-refractivity contribution in [1.29, 1.82) is 0 Å². The molecule has 2 aromatic heterocycles. The number of aromatic amines is 1. The fourth-order valence-electron chi connectivity index (χ4n) is 1.38. The monoisotopic (exact) mass is 175 g/mol. The highest BCUT2D eigenvalue weighted by molar-refractivity contribution is 5.81. The maximum absolute atomic E-state index is 5.58. The number of hydrogen-bond acceptors (Lipinski definition) is 2. The summed E-state index contributed by atoms with van der Waals surface area (Å²) in [5.74, 6) is 1.07. The van der Waals surface area contributed by atoms with Crippen molar-refractivity contribution < 1.29 is 0 Å². The Morgan fingerprint density at radius 2 is 2.15 bits per heavy atom. The van der Waals surface area contributed by atoms with E-state index in [1.165, 1.54) is 5.69 Å². The van der Waals surface area contributed by atoms with Gasteiger partial charge in [0.2, 0.25) is 0 Å². The fraction of sp³-hybridized carbons (Fsp3) is 0.300. The van der Waals surface area contributed by atoms with Gasteiger partial charge in [-0.15, -0.1) is 0 Å². The second-order valence-electron chi connectivity index (χ2n) is 3.58. The molecule has 68 valence electrons. The standard InChI is InChI=1S/C10H13N3/c1-6(2)8-3-7-5-12-10(11)4-9(7)13-8/h3-6,13H,1-2H3,(H2,11,12). The smallest absolute Gasteiger partial charge is 0.125 e. The second-order valence-corrected chi connectivity index (χ2v) is 3.58. The van der Waals surface area contributed by atoms with Crippen LogP contribution in [-0.4, -0.2) is 9.97 Å². The van der Waals surface area contributed by atoms with Crippen LogP contribution in [0.25, 0.3) is 10.9 Å². The lowest BCUT2D eigenvalue weighted by atomic mass is 10.1. The number of nitrogens with one attached hydrogen (secondary N) is 1. The van der Waals surface area contributed by atoms with Crippen LogP contribution in [0.5, 0.6) is 0 Å². The number of hydrogen-bond donors (Lipinski definition) is 2. The number of nitrogens with two attached hydrogens (primary N) is 1. The first-order valence-electron chi connectivity index (χ1n) is 4.41. The average Bonchev–Trinajstić information content (AvgIpc) is 2.46. The van der Waals surface area contributed by atoms with Gasteiger partial charge in [0.1, 0.15) is 5.82 Å². The second kappa shape index (κ2) is 2.76. The molecule has 0 atom stereocenters. The normalized spacial score (nSPS) is 11.3. The lowest BCUT2D eigenvalue weighted by Crippen LogP contribution is -1.87. The van der Waals surface area contributed by atoms with E-state index in [4.69, 9.17) is 5.73 Å². The van der Waals surface area contributed by atoms with Crippen LogP contribution < -0.4 is 5.73 Å². The summed E-state index contributed by atoms with van der Waals surface area (Å²) in [7, 11) is 0. The molecule has 0 amide bonds. The van der Waals surface area contributed by atoms with E-state index in [0.717, 1.165) is 10.9 Å². The van der Waals surface area contributed by atoms with Crippen molar-refractivity contribution in [3.63, 3.8) is 0 Å². The van der Waals surface area contributed by atoms with Gasteiger partial charge < -0.3 is 10.7 Å². The van der Waals surface area contributed by atoms with Crippen molar-refractivity contribution in [2.45, 2.75) is 19.8 Å². The molecule has 0 aliphatic rings. The molecular weight excluding hydrogens is 162 g/mol. The third-order valence-corrected chi connectivity index (χ3v) is 2.17. The summed E-state index contributed by atoms with van der Waals surface area (Å²) in [5, 5.41) is 1.12. The zero-order valence-corrected chi connectivity index (χ0v) is 7.83. The average molecular weight is 175 g/mol. The maximum Gasteiger partial charge on any atom is 0.125 e. The minimum Gasteiger partial charge on any atom is -0.384 e. The zero-order chi connectivity index (χ0) is 9.42. The number of aromatic nitrogens is 2. The predicted octanol–water partition coefficient (Wildman–Crippen LogP) is 2.27. The van der Waals surface area contributed by atoms with Gasteiger partial charge in [-0.05, 0) is 12.0 Å². The molecule has 3 heteroatoms. The third kappa shape index (κ3) is 1.37. The summed E-state index contributed by atoms with van der Waals surface area (Å²) >= 11 is 0. The number of fused-ring (bicyclic) bond motifs is 1. The zero-order valence-electron chi connectivity index (χ0n) is 7.83. The molecule has 0 saturated carbocycles.